The van der Waals surface area contributed by atoms with Gasteiger partial charge in [0.1, 0.15) is 12.9 Å². The standard InChI is InChI=1S/C12H26O5S2Si/c1-19(13,14)17-11-5-7-18-9-12(11)16-10-15-6-8-20(2,3)4/h11-12H,5-10H2,1-4H3. The van der Waals surface area contributed by atoms with Crippen molar-refractivity contribution >= 4 is 30.0 Å². The maximum atomic E-state index is 11.2. The minimum Gasteiger partial charge on any atom is -0.356 e. The second-order valence-corrected chi connectivity index (χ2v) is 14.6. The second kappa shape index (κ2) is 8.14. The first-order valence-corrected chi connectivity index (χ1v) is 13.5. The number of thioether (sulfide) groups is 1. The Balaban J connectivity index is 2.29. The largest absolute Gasteiger partial charge is 0.356 e. The third-order valence-electron chi connectivity index (χ3n) is 2.90. The molecule has 1 aliphatic heterocycles. The molecule has 2 unspecified atom stereocenters. The first-order chi connectivity index (χ1) is 9.17. The van der Waals surface area contributed by atoms with Crippen LogP contribution in [0.1, 0.15) is 6.42 Å². The molecule has 0 amide bonds. The van der Waals surface area contributed by atoms with Gasteiger partial charge in [-0.1, -0.05) is 19.6 Å². The predicted molar refractivity (Wildman–Crippen MR) is 85.5 cm³/mol. The van der Waals surface area contributed by atoms with Crippen LogP contribution in [0.3, 0.4) is 0 Å². The molecule has 120 valence electrons. The number of hydrogen-bond acceptors (Lipinski definition) is 6. The highest BCUT2D eigenvalue weighted by Gasteiger charge is 2.30. The van der Waals surface area contributed by atoms with Crippen LogP contribution < -0.4 is 0 Å². The summed E-state index contributed by atoms with van der Waals surface area (Å²) in [6.45, 7) is 7.80. The van der Waals surface area contributed by atoms with Gasteiger partial charge >= 0.3 is 0 Å². The molecule has 0 saturated carbocycles. The zero-order valence-corrected chi connectivity index (χ0v) is 15.4. The second-order valence-electron chi connectivity index (χ2n) is 6.24. The van der Waals surface area contributed by atoms with Crippen molar-refractivity contribution in [3.05, 3.63) is 0 Å². The van der Waals surface area contributed by atoms with Crippen LogP contribution in [0.2, 0.25) is 25.7 Å². The van der Waals surface area contributed by atoms with Crippen LogP contribution >= 0.6 is 11.8 Å². The van der Waals surface area contributed by atoms with Gasteiger partial charge in [0, 0.05) is 20.4 Å². The lowest BCUT2D eigenvalue weighted by Crippen LogP contribution is -2.39. The molecular weight excluding hydrogens is 316 g/mol. The van der Waals surface area contributed by atoms with Crippen LogP contribution in [-0.2, 0) is 23.8 Å². The van der Waals surface area contributed by atoms with Gasteiger partial charge in [0.05, 0.1) is 12.4 Å². The van der Waals surface area contributed by atoms with Crippen molar-refractivity contribution in [1.29, 1.82) is 0 Å². The Morgan fingerprint density at radius 1 is 1.25 bits per heavy atom. The van der Waals surface area contributed by atoms with E-state index in [1.54, 1.807) is 11.8 Å². The quantitative estimate of drug-likeness (QED) is 0.292. The fourth-order valence-corrected chi connectivity index (χ4v) is 4.29. The fourth-order valence-electron chi connectivity index (χ4n) is 1.76. The molecule has 0 bridgehead atoms. The highest BCUT2D eigenvalue weighted by Crippen LogP contribution is 2.24. The van der Waals surface area contributed by atoms with Crippen LogP contribution in [0.4, 0.5) is 0 Å². The molecule has 0 aromatic heterocycles. The van der Waals surface area contributed by atoms with Gasteiger partial charge < -0.3 is 9.47 Å². The van der Waals surface area contributed by atoms with Crippen LogP contribution in [0.25, 0.3) is 0 Å². The Bertz CT molecular complexity index is 380. The number of rotatable bonds is 8. The van der Waals surface area contributed by atoms with E-state index >= 15 is 0 Å². The van der Waals surface area contributed by atoms with Gasteiger partial charge in [-0.15, -0.1) is 0 Å². The van der Waals surface area contributed by atoms with Gasteiger partial charge in [0.25, 0.3) is 10.1 Å². The molecule has 0 radical (unpaired) electrons. The van der Waals surface area contributed by atoms with E-state index in [0.29, 0.717) is 13.0 Å². The first kappa shape index (κ1) is 18.4. The van der Waals surface area contributed by atoms with Crippen LogP contribution in [0, 0.1) is 0 Å². The smallest absolute Gasteiger partial charge is 0.264 e. The summed E-state index contributed by atoms with van der Waals surface area (Å²) in [4.78, 5) is 0. The molecule has 0 aliphatic carbocycles. The highest BCUT2D eigenvalue weighted by atomic mass is 32.2. The monoisotopic (exact) mass is 342 g/mol. The van der Waals surface area contributed by atoms with Crippen molar-refractivity contribution < 1.29 is 22.1 Å². The summed E-state index contributed by atoms with van der Waals surface area (Å²) in [6, 6.07) is 1.10. The summed E-state index contributed by atoms with van der Waals surface area (Å²) in [7, 11) is -4.52. The number of hydrogen-bond donors (Lipinski definition) is 0. The van der Waals surface area contributed by atoms with E-state index in [9.17, 15) is 8.42 Å². The van der Waals surface area contributed by atoms with Crippen LogP contribution in [0.15, 0.2) is 0 Å². The van der Waals surface area contributed by atoms with Crippen LogP contribution in [-0.4, -0.2) is 59.9 Å². The van der Waals surface area contributed by atoms with E-state index in [1.807, 2.05) is 0 Å². The zero-order chi connectivity index (χ0) is 15.2. The lowest BCUT2D eigenvalue weighted by molar-refractivity contribution is -0.108. The minimum atomic E-state index is -3.44. The molecule has 0 spiro atoms. The molecule has 0 aromatic rings. The van der Waals surface area contributed by atoms with Gasteiger partial charge in [0.2, 0.25) is 0 Å². The van der Waals surface area contributed by atoms with E-state index in [0.717, 1.165) is 23.8 Å². The molecule has 20 heavy (non-hydrogen) atoms. The summed E-state index contributed by atoms with van der Waals surface area (Å²) in [5, 5.41) is 0. The van der Waals surface area contributed by atoms with Crippen molar-refractivity contribution in [3.8, 4) is 0 Å². The number of ether oxygens (including phenoxy) is 2. The highest BCUT2D eigenvalue weighted by molar-refractivity contribution is 7.99. The Kier molecular flexibility index (Phi) is 7.51. The average Bonchev–Trinajstić information content (AvgIpc) is 2.27. The van der Waals surface area contributed by atoms with Crippen molar-refractivity contribution in [1.82, 2.24) is 0 Å². The summed E-state index contributed by atoms with van der Waals surface area (Å²) in [6.07, 6.45) is 1.18. The molecule has 8 heteroatoms. The molecule has 1 aliphatic rings. The van der Waals surface area contributed by atoms with Gasteiger partial charge in [0.15, 0.2) is 0 Å². The third-order valence-corrected chi connectivity index (χ3v) is 6.29. The maximum absolute atomic E-state index is 11.2. The van der Waals surface area contributed by atoms with E-state index in [-0.39, 0.29) is 19.0 Å². The van der Waals surface area contributed by atoms with E-state index in [2.05, 4.69) is 19.6 Å². The average molecular weight is 343 g/mol. The SMILES string of the molecule is C[Si](C)(C)CCOCOC1CSCCC1OS(C)(=O)=O. The maximum Gasteiger partial charge on any atom is 0.264 e. The fraction of sp³-hybridized carbons (Fsp3) is 1.00. The Morgan fingerprint density at radius 2 is 1.95 bits per heavy atom. The van der Waals surface area contributed by atoms with Crippen molar-refractivity contribution in [2.75, 3.05) is 31.2 Å². The molecule has 0 aromatic carbocycles. The Hall–Kier alpha value is 0.397. The third kappa shape index (κ3) is 8.63. The van der Waals surface area contributed by atoms with Crippen molar-refractivity contribution in [3.63, 3.8) is 0 Å². The molecule has 2 atom stereocenters. The van der Waals surface area contributed by atoms with Gasteiger partial charge in [-0.2, -0.15) is 20.2 Å². The van der Waals surface area contributed by atoms with E-state index < -0.39 is 18.2 Å². The summed E-state index contributed by atoms with van der Waals surface area (Å²) in [5.41, 5.74) is 0. The summed E-state index contributed by atoms with van der Waals surface area (Å²) < 4.78 is 38.7. The Morgan fingerprint density at radius 3 is 2.55 bits per heavy atom. The topological polar surface area (TPSA) is 61.8 Å². The summed E-state index contributed by atoms with van der Waals surface area (Å²) >= 11 is 1.75. The summed E-state index contributed by atoms with van der Waals surface area (Å²) in [5.74, 6) is 1.65. The van der Waals surface area contributed by atoms with E-state index in [4.69, 9.17) is 13.7 Å². The lowest BCUT2D eigenvalue weighted by Gasteiger charge is -2.30. The molecule has 1 fully saturated rings. The molecule has 5 nitrogen and oxygen atoms in total. The molecule has 0 N–H and O–H groups in total. The normalized spacial score (nSPS) is 24.8. The van der Waals surface area contributed by atoms with Gasteiger partial charge in [-0.25, -0.2) is 0 Å². The molecule has 1 heterocycles. The lowest BCUT2D eigenvalue weighted by atomic mass is 10.2. The Labute approximate surface area is 127 Å². The predicted octanol–water partition coefficient (Wildman–Crippen LogP) is 2.17. The molecule has 1 rings (SSSR count). The van der Waals surface area contributed by atoms with Crippen LogP contribution in [0.5, 0.6) is 0 Å². The minimum absolute atomic E-state index is 0.208. The van der Waals surface area contributed by atoms with E-state index in [1.165, 1.54) is 0 Å². The van der Waals surface area contributed by atoms with Crippen molar-refractivity contribution in [2.45, 2.75) is 44.3 Å². The van der Waals surface area contributed by atoms with Gasteiger partial charge in [-0.05, 0) is 18.2 Å². The first-order valence-electron chi connectivity index (χ1n) is 6.83. The van der Waals surface area contributed by atoms with Gasteiger partial charge in [-0.3, -0.25) is 4.18 Å². The van der Waals surface area contributed by atoms with Crippen molar-refractivity contribution in [2.24, 2.45) is 0 Å². The molecular formula is C12H26O5S2Si. The molecule has 1 saturated heterocycles. The zero-order valence-electron chi connectivity index (χ0n) is 12.8.